The number of nitrogens with one attached hydrogen (secondary N) is 1. The first-order valence-electron chi connectivity index (χ1n) is 5.19. The fraction of sp³-hybridized carbons (Fsp3) is 0.333. The number of likely N-dealkylation sites (N-methyl/N-ethyl adjacent to an activating group) is 1. The van der Waals surface area contributed by atoms with Gasteiger partial charge in [-0.25, -0.2) is 0 Å². The van der Waals surface area contributed by atoms with Crippen LogP contribution in [0.15, 0.2) is 24.3 Å². The molecule has 1 aromatic rings. The third-order valence-electron chi connectivity index (χ3n) is 2.25. The topological polar surface area (TPSA) is 49.4 Å². The number of amides is 2. The minimum absolute atomic E-state index is 0.121. The smallest absolute Gasteiger partial charge is 0.251 e. The van der Waals surface area contributed by atoms with E-state index in [2.05, 4.69) is 27.9 Å². The number of hydrogen-bond donors (Lipinski definition) is 1. The maximum atomic E-state index is 11.8. The third kappa shape index (κ3) is 3.99. The number of halogens is 1. The Labute approximate surface area is 115 Å². The van der Waals surface area contributed by atoms with E-state index in [0.717, 1.165) is 3.57 Å². The number of carbonyl (C=O) groups excluding carboxylic acids is 2. The highest BCUT2D eigenvalue weighted by Gasteiger charge is 2.17. The number of nitrogens with zero attached hydrogens (tertiary/aromatic N) is 1. The molecule has 0 saturated carbocycles. The molecule has 0 heterocycles. The quantitative estimate of drug-likeness (QED) is 0.844. The van der Waals surface area contributed by atoms with E-state index >= 15 is 0 Å². The lowest BCUT2D eigenvalue weighted by Crippen LogP contribution is -2.44. The first-order valence-corrected chi connectivity index (χ1v) is 6.27. The first-order chi connectivity index (χ1) is 7.91. The van der Waals surface area contributed by atoms with E-state index < -0.39 is 6.04 Å². The Kier molecular flexibility index (Phi) is 4.92. The maximum absolute atomic E-state index is 11.8. The summed E-state index contributed by atoms with van der Waals surface area (Å²) in [5.41, 5.74) is 0.565. The predicted molar refractivity (Wildman–Crippen MR) is 74.8 cm³/mol. The summed E-state index contributed by atoms with van der Waals surface area (Å²) in [4.78, 5) is 24.9. The summed E-state index contributed by atoms with van der Waals surface area (Å²) in [6.45, 7) is 1.67. The van der Waals surface area contributed by atoms with Crippen LogP contribution in [-0.2, 0) is 4.79 Å². The molecule has 0 aliphatic carbocycles. The lowest BCUT2D eigenvalue weighted by molar-refractivity contribution is -0.130. The molecule has 2 amide bonds. The van der Waals surface area contributed by atoms with E-state index in [1.165, 1.54) is 4.90 Å². The molecule has 92 valence electrons. The van der Waals surface area contributed by atoms with Crippen LogP contribution < -0.4 is 5.32 Å². The molecule has 0 aliphatic heterocycles. The summed E-state index contributed by atoms with van der Waals surface area (Å²) >= 11 is 2.14. The van der Waals surface area contributed by atoms with Crippen molar-refractivity contribution in [2.45, 2.75) is 13.0 Å². The predicted octanol–water partition coefficient (Wildman–Crippen LogP) is 1.50. The molecule has 0 aromatic heterocycles. The van der Waals surface area contributed by atoms with Crippen molar-refractivity contribution in [3.63, 3.8) is 0 Å². The van der Waals surface area contributed by atoms with Gasteiger partial charge in [-0.15, -0.1) is 0 Å². The largest absolute Gasteiger partial charge is 0.347 e. The molecule has 4 nitrogen and oxygen atoms in total. The van der Waals surface area contributed by atoms with Gasteiger partial charge in [-0.2, -0.15) is 0 Å². The Bertz CT molecular complexity index is 432. The van der Waals surface area contributed by atoms with E-state index in [0.29, 0.717) is 5.56 Å². The lowest BCUT2D eigenvalue weighted by atomic mass is 10.2. The van der Waals surface area contributed by atoms with Gasteiger partial charge in [0.25, 0.3) is 5.91 Å². The molecule has 0 spiro atoms. The summed E-state index contributed by atoms with van der Waals surface area (Å²) in [5.74, 6) is -0.352. The van der Waals surface area contributed by atoms with Crippen LogP contribution in [0.1, 0.15) is 17.3 Å². The van der Waals surface area contributed by atoms with Gasteiger partial charge in [0, 0.05) is 23.2 Å². The van der Waals surface area contributed by atoms with E-state index in [9.17, 15) is 9.59 Å². The Morgan fingerprint density at radius 1 is 1.35 bits per heavy atom. The van der Waals surface area contributed by atoms with Crippen molar-refractivity contribution in [3.05, 3.63) is 33.4 Å². The number of carbonyl (C=O) groups is 2. The minimum atomic E-state index is -0.518. The highest BCUT2D eigenvalue weighted by atomic mass is 127. The molecule has 0 fully saturated rings. The fourth-order valence-corrected chi connectivity index (χ4v) is 1.90. The van der Waals surface area contributed by atoms with Gasteiger partial charge >= 0.3 is 0 Å². The van der Waals surface area contributed by atoms with E-state index in [1.54, 1.807) is 33.2 Å². The molecule has 1 rings (SSSR count). The van der Waals surface area contributed by atoms with Crippen molar-refractivity contribution in [2.75, 3.05) is 14.1 Å². The van der Waals surface area contributed by atoms with Gasteiger partial charge in [0.1, 0.15) is 6.04 Å². The van der Waals surface area contributed by atoms with Gasteiger partial charge in [-0.1, -0.05) is 6.07 Å². The second-order valence-corrected chi connectivity index (χ2v) is 5.18. The summed E-state index contributed by atoms with van der Waals surface area (Å²) in [6, 6.07) is 6.71. The van der Waals surface area contributed by atoms with Crippen LogP contribution in [0.2, 0.25) is 0 Å². The zero-order valence-electron chi connectivity index (χ0n) is 10.0. The van der Waals surface area contributed by atoms with Crippen molar-refractivity contribution >= 4 is 34.4 Å². The van der Waals surface area contributed by atoms with Gasteiger partial charge < -0.3 is 10.2 Å². The molecule has 1 aromatic carbocycles. The molecule has 5 heteroatoms. The Balaban J connectivity index is 2.70. The summed E-state index contributed by atoms with van der Waals surface area (Å²) in [6.07, 6.45) is 0. The molecule has 1 unspecified atom stereocenters. The van der Waals surface area contributed by atoms with Crippen LogP contribution in [0, 0.1) is 3.57 Å². The lowest BCUT2D eigenvalue weighted by Gasteiger charge is -2.18. The van der Waals surface area contributed by atoms with Crippen molar-refractivity contribution in [1.29, 1.82) is 0 Å². The number of hydrogen-bond acceptors (Lipinski definition) is 2. The Morgan fingerprint density at radius 2 is 2.00 bits per heavy atom. The van der Waals surface area contributed by atoms with Gasteiger partial charge in [0.15, 0.2) is 0 Å². The van der Waals surface area contributed by atoms with Gasteiger partial charge in [0.05, 0.1) is 0 Å². The van der Waals surface area contributed by atoms with Crippen molar-refractivity contribution in [1.82, 2.24) is 10.2 Å². The van der Waals surface area contributed by atoms with E-state index in [4.69, 9.17) is 0 Å². The summed E-state index contributed by atoms with van der Waals surface area (Å²) in [7, 11) is 3.33. The monoisotopic (exact) mass is 346 g/mol. The zero-order valence-corrected chi connectivity index (χ0v) is 12.2. The molecular formula is C12H15IN2O2. The van der Waals surface area contributed by atoms with Crippen LogP contribution in [0.5, 0.6) is 0 Å². The van der Waals surface area contributed by atoms with Crippen molar-refractivity contribution < 1.29 is 9.59 Å². The minimum Gasteiger partial charge on any atom is -0.347 e. The first kappa shape index (κ1) is 14.0. The van der Waals surface area contributed by atoms with Crippen LogP contribution in [0.3, 0.4) is 0 Å². The molecule has 1 N–H and O–H groups in total. The summed E-state index contributed by atoms with van der Waals surface area (Å²) < 4.78 is 0.988. The molecule has 0 aliphatic rings. The molecule has 0 bridgehead atoms. The highest BCUT2D eigenvalue weighted by Crippen LogP contribution is 2.07. The molecule has 0 saturated heterocycles. The van der Waals surface area contributed by atoms with Crippen molar-refractivity contribution in [3.8, 4) is 0 Å². The highest BCUT2D eigenvalue weighted by molar-refractivity contribution is 14.1. The molecule has 17 heavy (non-hydrogen) atoms. The number of rotatable bonds is 3. The van der Waals surface area contributed by atoms with Crippen molar-refractivity contribution in [2.24, 2.45) is 0 Å². The maximum Gasteiger partial charge on any atom is 0.251 e. The zero-order chi connectivity index (χ0) is 13.0. The molecular weight excluding hydrogens is 331 g/mol. The second-order valence-electron chi connectivity index (χ2n) is 3.94. The molecule has 0 radical (unpaired) electrons. The van der Waals surface area contributed by atoms with E-state index in [1.807, 2.05) is 12.1 Å². The van der Waals surface area contributed by atoms with Crippen LogP contribution in [0.25, 0.3) is 0 Å². The van der Waals surface area contributed by atoms with Crippen LogP contribution in [0.4, 0.5) is 0 Å². The average Bonchev–Trinajstić information content (AvgIpc) is 2.27. The summed E-state index contributed by atoms with van der Waals surface area (Å²) in [5, 5.41) is 2.67. The standard InChI is InChI=1S/C12H15IN2O2/c1-8(12(17)15(2)3)14-11(16)9-5-4-6-10(13)7-9/h4-8H,1-3H3,(H,14,16). The van der Waals surface area contributed by atoms with Gasteiger partial charge in [-0.05, 0) is 47.7 Å². The Hall–Kier alpha value is -1.11. The number of benzene rings is 1. The van der Waals surface area contributed by atoms with Crippen LogP contribution in [-0.4, -0.2) is 36.9 Å². The Morgan fingerprint density at radius 3 is 2.53 bits per heavy atom. The fourth-order valence-electron chi connectivity index (χ4n) is 1.36. The second kappa shape index (κ2) is 6.00. The average molecular weight is 346 g/mol. The van der Waals surface area contributed by atoms with Gasteiger partial charge in [0.2, 0.25) is 5.91 Å². The van der Waals surface area contributed by atoms with Crippen LogP contribution >= 0.6 is 22.6 Å². The molecule has 1 atom stereocenters. The van der Waals surface area contributed by atoms with E-state index in [-0.39, 0.29) is 11.8 Å². The van der Waals surface area contributed by atoms with Gasteiger partial charge in [-0.3, -0.25) is 9.59 Å². The normalized spacial score (nSPS) is 11.8. The SMILES string of the molecule is CC(NC(=O)c1cccc(I)c1)C(=O)N(C)C. The third-order valence-corrected chi connectivity index (χ3v) is 2.92.